The second-order valence-electron chi connectivity index (χ2n) is 6.77. The molecule has 6 heteroatoms. The minimum Gasteiger partial charge on any atom is -0.480 e. The molecule has 3 unspecified atom stereocenters. The minimum atomic E-state index is -0.908. The molecule has 0 spiro atoms. The van der Waals surface area contributed by atoms with Crippen LogP contribution in [0, 0.1) is 11.3 Å². The van der Waals surface area contributed by atoms with E-state index in [-0.39, 0.29) is 16.7 Å². The van der Waals surface area contributed by atoms with Crippen molar-refractivity contribution in [1.82, 2.24) is 4.90 Å². The molecule has 1 rings (SSSR count). The van der Waals surface area contributed by atoms with Crippen LogP contribution in [-0.2, 0) is 9.59 Å². The summed E-state index contributed by atoms with van der Waals surface area (Å²) in [5.41, 5.74) is 5.77. The molecule has 3 atom stereocenters. The molecular weight excluding hydrogens is 288 g/mol. The summed E-state index contributed by atoms with van der Waals surface area (Å²) in [7, 11) is 0. The molecule has 0 aromatic carbocycles. The minimum absolute atomic E-state index is 0.0498. The molecule has 0 saturated carbocycles. The third-order valence-corrected chi connectivity index (χ3v) is 5.46. The molecule has 0 aromatic heterocycles. The van der Waals surface area contributed by atoms with E-state index in [1.165, 1.54) is 16.7 Å². The number of amides is 1. The Kier molecular flexibility index (Phi) is 6.53. The number of carbonyl (C=O) groups excluding carboxylic acids is 1. The van der Waals surface area contributed by atoms with Crippen LogP contribution >= 0.6 is 11.8 Å². The van der Waals surface area contributed by atoms with E-state index in [4.69, 9.17) is 5.73 Å². The smallest absolute Gasteiger partial charge is 0.327 e. The van der Waals surface area contributed by atoms with Gasteiger partial charge in [0, 0.05) is 12.2 Å². The summed E-state index contributed by atoms with van der Waals surface area (Å²) in [6.07, 6.45) is 2.06. The molecule has 1 fully saturated rings. The van der Waals surface area contributed by atoms with E-state index in [1.807, 2.05) is 6.92 Å². The number of carboxylic acids is 1. The van der Waals surface area contributed by atoms with Crippen LogP contribution in [0.15, 0.2) is 0 Å². The molecule has 1 saturated heterocycles. The van der Waals surface area contributed by atoms with Gasteiger partial charge in [0.15, 0.2) is 0 Å². The summed E-state index contributed by atoms with van der Waals surface area (Å²) in [6.45, 7) is 8.99. The molecular formula is C15H28N2O3S. The number of nitrogens with zero attached hydrogens (tertiary/aromatic N) is 1. The molecule has 5 nitrogen and oxygen atoms in total. The van der Waals surface area contributed by atoms with Gasteiger partial charge in [-0.15, -0.1) is 11.8 Å². The van der Waals surface area contributed by atoms with Gasteiger partial charge in [0.25, 0.3) is 0 Å². The van der Waals surface area contributed by atoms with Crippen molar-refractivity contribution in [3.8, 4) is 0 Å². The lowest BCUT2D eigenvalue weighted by atomic mass is 9.76. The van der Waals surface area contributed by atoms with Crippen molar-refractivity contribution in [3.63, 3.8) is 0 Å². The molecule has 1 heterocycles. The van der Waals surface area contributed by atoms with Gasteiger partial charge < -0.3 is 15.7 Å². The fourth-order valence-corrected chi connectivity index (χ4v) is 4.04. The first-order valence-corrected chi connectivity index (χ1v) is 8.59. The standard InChI is InChI=1S/C15H28N2O3S/c1-10-17(12(9-21-10)14(19)20)13(18)6-5-11(7-8-16)15(2,3)4/h10-12H,5-9,16H2,1-4H3,(H,19,20). The van der Waals surface area contributed by atoms with Gasteiger partial charge in [-0.1, -0.05) is 20.8 Å². The third kappa shape index (κ3) is 4.88. The van der Waals surface area contributed by atoms with E-state index in [1.54, 1.807) is 0 Å². The molecule has 1 amide bonds. The molecule has 21 heavy (non-hydrogen) atoms. The van der Waals surface area contributed by atoms with Crippen LogP contribution in [0.25, 0.3) is 0 Å². The fourth-order valence-electron chi connectivity index (χ4n) is 2.85. The Balaban J connectivity index is 2.65. The molecule has 1 aliphatic heterocycles. The van der Waals surface area contributed by atoms with Gasteiger partial charge in [-0.2, -0.15) is 0 Å². The second kappa shape index (κ2) is 7.49. The quantitative estimate of drug-likeness (QED) is 0.784. The number of aliphatic carboxylic acids is 1. The highest BCUT2D eigenvalue weighted by atomic mass is 32.2. The Morgan fingerprint density at radius 3 is 2.48 bits per heavy atom. The SMILES string of the molecule is CC1SCC(C(=O)O)N1C(=O)CCC(CCN)C(C)(C)C. The topological polar surface area (TPSA) is 83.6 Å². The average Bonchev–Trinajstić information content (AvgIpc) is 2.74. The number of rotatable bonds is 6. The van der Waals surface area contributed by atoms with E-state index in [2.05, 4.69) is 20.8 Å². The maximum absolute atomic E-state index is 12.4. The zero-order valence-corrected chi connectivity index (χ0v) is 14.3. The van der Waals surface area contributed by atoms with Gasteiger partial charge >= 0.3 is 5.97 Å². The lowest BCUT2D eigenvalue weighted by molar-refractivity contribution is -0.149. The first-order valence-electron chi connectivity index (χ1n) is 7.54. The van der Waals surface area contributed by atoms with Crippen molar-refractivity contribution < 1.29 is 14.7 Å². The summed E-state index contributed by atoms with van der Waals surface area (Å²) in [4.78, 5) is 25.2. The fraction of sp³-hybridized carbons (Fsp3) is 0.867. The monoisotopic (exact) mass is 316 g/mol. The zero-order valence-electron chi connectivity index (χ0n) is 13.5. The lowest BCUT2D eigenvalue weighted by Gasteiger charge is -2.32. The average molecular weight is 316 g/mol. The van der Waals surface area contributed by atoms with E-state index in [0.717, 1.165) is 12.8 Å². The summed E-state index contributed by atoms with van der Waals surface area (Å²) in [5, 5.41) is 9.16. The van der Waals surface area contributed by atoms with Gasteiger partial charge in [-0.3, -0.25) is 4.79 Å². The molecule has 1 aliphatic rings. The van der Waals surface area contributed by atoms with Crippen LogP contribution in [0.3, 0.4) is 0 Å². The predicted octanol–water partition coefficient (Wildman–Crippen LogP) is 2.15. The van der Waals surface area contributed by atoms with Crippen LogP contribution < -0.4 is 5.73 Å². The molecule has 122 valence electrons. The number of carboxylic acid groups (broad SMARTS) is 1. The van der Waals surface area contributed by atoms with E-state index >= 15 is 0 Å². The molecule has 0 aliphatic carbocycles. The first kappa shape index (κ1) is 18.3. The van der Waals surface area contributed by atoms with Gasteiger partial charge in [0.05, 0.1) is 5.37 Å². The number of hydrogen-bond donors (Lipinski definition) is 2. The van der Waals surface area contributed by atoms with Crippen LogP contribution in [0.1, 0.15) is 47.0 Å². The summed E-state index contributed by atoms with van der Waals surface area (Å²) >= 11 is 1.52. The Bertz CT molecular complexity index is 382. The van der Waals surface area contributed by atoms with Crippen LogP contribution in [0.4, 0.5) is 0 Å². The Morgan fingerprint density at radius 2 is 2.00 bits per heavy atom. The summed E-state index contributed by atoms with van der Waals surface area (Å²) in [6, 6.07) is -0.680. The molecule has 0 aromatic rings. The van der Waals surface area contributed by atoms with Crippen LogP contribution in [0.5, 0.6) is 0 Å². The van der Waals surface area contributed by atoms with Crippen molar-refractivity contribution in [3.05, 3.63) is 0 Å². The van der Waals surface area contributed by atoms with Gasteiger partial charge in [-0.25, -0.2) is 4.79 Å². The van der Waals surface area contributed by atoms with Gasteiger partial charge in [-0.05, 0) is 37.6 Å². The summed E-state index contributed by atoms with van der Waals surface area (Å²) < 4.78 is 0. The van der Waals surface area contributed by atoms with E-state index in [9.17, 15) is 14.7 Å². The number of hydrogen-bond acceptors (Lipinski definition) is 4. The first-order chi connectivity index (χ1) is 9.68. The molecule has 3 N–H and O–H groups in total. The zero-order chi connectivity index (χ0) is 16.2. The Labute approximate surface area is 131 Å². The largest absolute Gasteiger partial charge is 0.480 e. The Morgan fingerprint density at radius 1 is 1.38 bits per heavy atom. The van der Waals surface area contributed by atoms with Crippen LogP contribution in [0.2, 0.25) is 0 Å². The number of nitrogens with two attached hydrogens (primary N) is 1. The van der Waals surface area contributed by atoms with Crippen LogP contribution in [-0.4, -0.2) is 45.6 Å². The van der Waals surface area contributed by atoms with Crippen molar-refractivity contribution in [1.29, 1.82) is 0 Å². The highest BCUT2D eigenvalue weighted by molar-refractivity contribution is 8.00. The number of thioether (sulfide) groups is 1. The van der Waals surface area contributed by atoms with Crippen molar-refractivity contribution in [2.45, 2.75) is 58.4 Å². The van der Waals surface area contributed by atoms with E-state index in [0.29, 0.717) is 24.6 Å². The molecule has 0 radical (unpaired) electrons. The Hall–Kier alpha value is -0.750. The second-order valence-corrected chi connectivity index (χ2v) is 8.12. The van der Waals surface area contributed by atoms with Gasteiger partial charge in [0.1, 0.15) is 6.04 Å². The molecule has 0 bridgehead atoms. The highest BCUT2D eigenvalue weighted by Gasteiger charge is 2.39. The van der Waals surface area contributed by atoms with Gasteiger partial charge in [0.2, 0.25) is 5.91 Å². The predicted molar refractivity (Wildman–Crippen MR) is 86.0 cm³/mol. The normalized spacial score (nSPS) is 24.1. The lowest BCUT2D eigenvalue weighted by Crippen LogP contribution is -2.45. The summed E-state index contributed by atoms with van der Waals surface area (Å²) in [5.74, 6) is -0.103. The van der Waals surface area contributed by atoms with E-state index < -0.39 is 12.0 Å². The van der Waals surface area contributed by atoms with Crippen molar-refractivity contribution >= 4 is 23.6 Å². The number of carbonyl (C=O) groups is 2. The maximum Gasteiger partial charge on any atom is 0.327 e. The van der Waals surface area contributed by atoms with Crippen molar-refractivity contribution in [2.24, 2.45) is 17.1 Å². The third-order valence-electron chi connectivity index (χ3n) is 4.24. The maximum atomic E-state index is 12.4. The highest BCUT2D eigenvalue weighted by Crippen LogP contribution is 2.34. The van der Waals surface area contributed by atoms with Crippen molar-refractivity contribution in [2.75, 3.05) is 12.3 Å².